The SMILES string of the molecule is Cc1cc(C)c(S(=O)(=O)NCCC2CCS(=O)(=O)C2)c(C)c1. The molecule has 0 radical (unpaired) electrons. The molecule has 0 spiro atoms. The summed E-state index contributed by atoms with van der Waals surface area (Å²) in [6, 6.07) is 3.70. The van der Waals surface area contributed by atoms with Crippen LogP contribution >= 0.6 is 0 Å². The third kappa shape index (κ3) is 4.08. The third-order valence-electron chi connectivity index (χ3n) is 4.04. The van der Waals surface area contributed by atoms with Gasteiger partial charge in [0.2, 0.25) is 10.0 Å². The molecular formula is C15H23NO4S2. The molecule has 1 aliphatic rings. The summed E-state index contributed by atoms with van der Waals surface area (Å²) in [6.07, 6.45) is 1.19. The minimum absolute atomic E-state index is 0.0629. The second-order valence-corrected chi connectivity index (χ2v) is 10.1. The van der Waals surface area contributed by atoms with Gasteiger partial charge in [-0.3, -0.25) is 0 Å². The quantitative estimate of drug-likeness (QED) is 0.881. The Morgan fingerprint density at radius 3 is 2.27 bits per heavy atom. The number of nitrogens with one attached hydrogen (secondary N) is 1. The summed E-state index contributed by atoms with van der Waals surface area (Å²) in [5.41, 5.74) is 2.49. The van der Waals surface area contributed by atoms with Crippen LogP contribution in [-0.2, 0) is 19.9 Å². The highest BCUT2D eigenvalue weighted by Crippen LogP contribution is 2.23. The van der Waals surface area contributed by atoms with Gasteiger partial charge in [0.25, 0.3) is 0 Å². The maximum Gasteiger partial charge on any atom is 0.241 e. The minimum Gasteiger partial charge on any atom is -0.229 e. The van der Waals surface area contributed by atoms with Gasteiger partial charge in [0.05, 0.1) is 16.4 Å². The molecule has 1 aliphatic heterocycles. The van der Waals surface area contributed by atoms with E-state index in [0.29, 0.717) is 17.7 Å². The monoisotopic (exact) mass is 345 g/mol. The number of aryl methyl sites for hydroxylation is 3. The Kier molecular flexibility index (Phi) is 4.99. The number of benzene rings is 1. The number of rotatable bonds is 5. The molecule has 0 amide bonds. The van der Waals surface area contributed by atoms with Gasteiger partial charge in [-0.25, -0.2) is 21.6 Å². The summed E-state index contributed by atoms with van der Waals surface area (Å²) >= 11 is 0. The average Bonchev–Trinajstić information content (AvgIpc) is 2.66. The van der Waals surface area contributed by atoms with Gasteiger partial charge in [0.15, 0.2) is 9.84 Å². The van der Waals surface area contributed by atoms with E-state index in [9.17, 15) is 16.8 Å². The van der Waals surface area contributed by atoms with E-state index in [1.165, 1.54) is 0 Å². The van der Waals surface area contributed by atoms with Crippen LogP contribution in [0.2, 0.25) is 0 Å². The smallest absolute Gasteiger partial charge is 0.229 e. The first-order valence-electron chi connectivity index (χ1n) is 7.39. The van der Waals surface area contributed by atoms with Crippen LogP contribution in [0.4, 0.5) is 0 Å². The highest BCUT2D eigenvalue weighted by atomic mass is 32.2. The molecule has 1 fully saturated rings. The van der Waals surface area contributed by atoms with E-state index in [1.54, 1.807) is 13.8 Å². The normalized spacial score (nSPS) is 21.1. The Balaban J connectivity index is 2.03. The molecule has 124 valence electrons. The lowest BCUT2D eigenvalue weighted by Gasteiger charge is -2.14. The Morgan fingerprint density at radius 1 is 1.18 bits per heavy atom. The zero-order valence-corrected chi connectivity index (χ0v) is 14.9. The van der Waals surface area contributed by atoms with Gasteiger partial charge in [0.1, 0.15) is 0 Å². The van der Waals surface area contributed by atoms with Gasteiger partial charge in [-0.05, 0) is 50.7 Å². The standard InChI is InChI=1S/C15H23NO4S2/c1-11-8-12(2)15(13(3)9-11)22(19,20)16-6-4-14-5-7-21(17,18)10-14/h8-9,14,16H,4-7,10H2,1-3H3. The van der Waals surface area contributed by atoms with Crippen LogP contribution in [0.25, 0.3) is 0 Å². The fourth-order valence-electron chi connectivity index (χ4n) is 3.16. The summed E-state index contributed by atoms with van der Waals surface area (Å²) in [5, 5.41) is 0. The lowest BCUT2D eigenvalue weighted by atomic mass is 10.1. The molecule has 1 heterocycles. The van der Waals surface area contributed by atoms with Crippen LogP contribution in [0.1, 0.15) is 29.5 Å². The van der Waals surface area contributed by atoms with Crippen LogP contribution in [0, 0.1) is 26.7 Å². The predicted molar refractivity (Wildman–Crippen MR) is 87.2 cm³/mol. The Labute approximate surface area is 133 Å². The molecule has 1 aromatic carbocycles. The third-order valence-corrected chi connectivity index (χ3v) is 7.65. The van der Waals surface area contributed by atoms with Gasteiger partial charge in [-0.1, -0.05) is 17.7 Å². The molecule has 22 heavy (non-hydrogen) atoms. The highest BCUT2D eigenvalue weighted by Gasteiger charge is 2.28. The molecule has 0 aliphatic carbocycles. The Bertz CT molecular complexity index is 744. The van der Waals surface area contributed by atoms with E-state index < -0.39 is 19.9 Å². The summed E-state index contributed by atoms with van der Waals surface area (Å²) < 4.78 is 50.3. The van der Waals surface area contributed by atoms with Crippen LogP contribution in [0.3, 0.4) is 0 Å². The van der Waals surface area contributed by atoms with Gasteiger partial charge in [-0.2, -0.15) is 0 Å². The number of sulfone groups is 1. The summed E-state index contributed by atoms with van der Waals surface area (Å²) in [7, 11) is -6.47. The Morgan fingerprint density at radius 2 is 1.77 bits per heavy atom. The molecule has 1 saturated heterocycles. The molecule has 0 bridgehead atoms. The van der Waals surface area contributed by atoms with Crippen molar-refractivity contribution in [1.82, 2.24) is 4.72 Å². The predicted octanol–water partition coefficient (Wildman–Crippen LogP) is 1.71. The molecule has 1 N–H and O–H groups in total. The molecular weight excluding hydrogens is 322 g/mol. The highest BCUT2D eigenvalue weighted by molar-refractivity contribution is 7.91. The van der Waals surface area contributed by atoms with Crippen LogP contribution in [-0.4, -0.2) is 34.9 Å². The van der Waals surface area contributed by atoms with Crippen molar-refractivity contribution in [3.05, 3.63) is 28.8 Å². The molecule has 1 aromatic rings. The van der Waals surface area contributed by atoms with E-state index in [4.69, 9.17) is 0 Å². The van der Waals surface area contributed by atoms with Crippen LogP contribution in [0.5, 0.6) is 0 Å². The molecule has 1 atom stereocenters. The van der Waals surface area contributed by atoms with Crippen LogP contribution < -0.4 is 4.72 Å². The van der Waals surface area contributed by atoms with Gasteiger partial charge >= 0.3 is 0 Å². The molecule has 5 nitrogen and oxygen atoms in total. The van der Waals surface area contributed by atoms with Crippen molar-refractivity contribution in [2.45, 2.75) is 38.5 Å². The van der Waals surface area contributed by atoms with Crippen molar-refractivity contribution >= 4 is 19.9 Å². The van der Waals surface area contributed by atoms with Crippen LogP contribution in [0.15, 0.2) is 17.0 Å². The molecule has 0 saturated carbocycles. The Hall–Kier alpha value is -0.920. The summed E-state index contributed by atoms with van der Waals surface area (Å²) in [5.74, 6) is 0.464. The second-order valence-electron chi connectivity index (χ2n) is 6.18. The van der Waals surface area contributed by atoms with Gasteiger partial charge in [0, 0.05) is 6.54 Å². The maximum absolute atomic E-state index is 12.5. The minimum atomic E-state index is -3.56. The fraction of sp³-hybridized carbons (Fsp3) is 0.600. The van der Waals surface area contributed by atoms with Crippen molar-refractivity contribution in [2.75, 3.05) is 18.1 Å². The second kappa shape index (κ2) is 6.29. The first-order chi connectivity index (χ1) is 10.1. The number of sulfonamides is 1. The maximum atomic E-state index is 12.5. The van der Waals surface area contributed by atoms with E-state index in [1.807, 2.05) is 19.1 Å². The lowest BCUT2D eigenvalue weighted by Crippen LogP contribution is -2.27. The average molecular weight is 345 g/mol. The zero-order valence-electron chi connectivity index (χ0n) is 13.2. The van der Waals surface area contributed by atoms with E-state index >= 15 is 0 Å². The van der Waals surface area contributed by atoms with Crippen molar-refractivity contribution in [3.63, 3.8) is 0 Å². The summed E-state index contributed by atoms with van der Waals surface area (Å²) in [6.45, 7) is 5.79. The van der Waals surface area contributed by atoms with Crippen molar-refractivity contribution in [2.24, 2.45) is 5.92 Å². The number of hydrogen-bond donors (Lipinski definition) is 1. The van der Waals surface area contributed by atoms with Crippen molar-refractivity contribution in [3.8, 4) is 0 Å². The molecule has 7 heteroatoms. The van der Waals surface area contributed by atoms with E-state index in [2.05, 4.69) is 4.72 Å². The van der Waals surface area contributed by atoms with Gasteiger partial charge in [-0.15, -0.1) is 0 Å². The topological polar surface area (TPSA) is 80.3 Å². The molecule has 2 rings (SSSR count). The number of hydrogen-bond acceptors (Lipinski definition) is 4. The largest absolute Gasteiger partial charge is 0.241 e. The van der Waals surface area contributed by atoms with E-state index in [-0.39, 0.29) is 24.0 Å². The first-order valence-corrected chi connectivity index (χ1v) is 10.7. The van der Waals surface area contributed by atoms with Gasteiger partial charge < -0.3 is 0 Å². The zero-order chi connectivity index (χ0) is 16.5. The van der Waals surface area contributed by atoms with E-state index in [0.717, 1.165) is 16.7 Å². The summed E-state index contributed by atoms with van der Waals surface area (Å²) in [4.78, 5) is 0.331. The molecule has 1 unspecified atom stereocenters. The van der Waals surface area contributed by atoms with Crippen molar-refractivity contribution in [1.29, 1.82) is 0 Å². The van der Waals surface area contributed by atoms with Crippen molar-refractivity contribution < 1.29 is 16.8 Å². The molecule has 0 aromatic heterocycles. The first kappa shape index (κ1) is 17.4. The lowest BCUT2D eigenvalue weighted by molar-refractivity contribution is 0.527. The fourth-order valence-corrected chi connectivity index (χ4v) is 6.57.